The first-order valence-electron chi connectivity index (χ1n) is 20.8. The van der Waals surface area contributed by atoms with Crippen molar-refractivity contribution in [1.29, 1.82) is 0 Å². The first-order chi connectivity index (χ1) is 31.9. The van der Waals surface area contributed by atoms with E-state index in [0.717, 1.165) is 16.7 Å². The van der Waals surface area contributed by atoms with Gasteiger partial charge in [-0.3, -0.25) is 14.4 Å². The average molecular weight is 944 g/mol. The van der Waals surface area contributed by atoms with Gasteiger partial charge in [0.2, 0.25) is 17.7 Å². The van der Waals surface area contributed by atoms with E-state index < -0.39 is 29.7 Å². The highest BCUT2D eigenvalue weighted by Crippen LogP contribution is 2.30. The minimum atomic E-state index is -1.07. The summed E-state index contributed by atoms with van der Waals surface area (Å²) in [6, 6.07) is 47.6. The summed E-state index contributed by atoms with van der Waals surface area (Å²) in [5.41, 5.74) is 4.69. The van der Waals surface area contributed by atoms with Gasteiger partial charge in [0.15, 0.2) is 0 Å². The van der Waals surface area contributed by atoms with E-state index in [2.05, 4.69) is 28.6 Å². The third-order valence-corrected chi connectivity index (χ3v) is 13.1. The maximum atomic E-state index is 13.4. The molecule has 6 aromatic carbocycles. The normalized spacial score (nSPS) is 12.0. The quantitative estimate of drug-likeness (QED) is 0.0206. The first-order valence-corrected chi connectivity index (χ1v) is 23.9. The maximum Gasteiger partial charge on any atom is 0.335 e. The standard InChI is InChI=1S/C34H32N2O6S2.C17H17NO3S/c37-31(35-29-15-7-13-25(19-29)33(39)40)27(17-23-9-3-1-4-10-23)21-43-44-22-28(18-24-11-5-2-6-12-24)32(38)36-30-16-8-14-26(20-30)34(41)42;19-16(14(11-22)9-12-5-2-1-3-6-12)18-15-8-4-7-13(10-15)17(20)21/h1-16,19-20,27-28H,17-18,21-22H2,(H,35,37)(H,36,38)(H,39,40)(H,41,42);1-8,10,14,22H,9,11H2,(H,18,19)(H,20,21). The van der Waals surface area contributed by atoms with E-state index in [1.807, 2.05) is 91.0 Å². The molecule has 15 heteroatoms. The molecule has 0 spiro atoms. The monoisotopic (exact) mass is 943 g/mol. The van der Waals surface area contributed by atoms with Crippen LogP contribution in [0.25, 0.3) is 0 Å². The van der Waals surface area contributed by atoms with Gasteiger partial charge in [-0.05, 0) is 90.6 Å². The number of amides is 3. The van der Waals surface area contributed by atoms with Crippen LogP contribution in [0.15, 0.2) is 164 Å². The summed E-state index contributed by atoms with van der Waals surface area (Å²) < 4.78 is 0. The van der Waals surface area contributed by atoms with E-state index >= 15 is 0 Å². The second-order valence-electron chi connectivity index (χ2n) is 15.0. The molecular formula is C51H49N3O9S3. The highest BCUT2D eigenvalue weighted by atomic mass is 33.1. The van der Waals surface area contributed by atoms with Gasteiger partial charge >= 0.3 is 17.9 Å². The van der Waals surface area contributed by atoms with E-state index in [0.29, 0.717) is 53.6 Å². The minimum absolute atomic E-state index is 0.0877. The van der Waals surface area contributed by atoms with Crippen LogP contribution < -0.4 is 16.0 Å². The van der Waals surface area contributed by atoms with Crippen LogP contribution in [0.4, 0.5) is 17.1 Å². The Morgan fingerprint density at radius 3 is 0.985 bits per heavy atom. The first kappa shape index (κ1) is 50.2. The van der Waals surface area contributed by atoms with Crippen molar-refractivity contribution in [2.24, 2.45) is 17.8 Å². The fourth-order valence-corrected chi connectivity index (χ4v) is 9.49. The number of hydrogen-bond acceptors (Lipinski definition) is 9. The van der Waals surface area contributed by atoms with Crippen molar-refractivity contribution < 1.29 is 44.1 Å². The lowest BCUT2D eigenvalue weighted by Crippen LogP contribution is -2.27. The van der Waals surface area contributed by atoms with Crippen LogP contribution in [-0.4, -0.2) is 68.2 Å². The molecule has 0 heterocycles. The molecule has 0 aliphatic rings. The summed E-state index contributed by atoms with van der Waals surface area (Å²) in [5.74, 6) is -3.54. The Kier molecular flexibility index (Phi) is 19.9. The number of carbonyl (C=O) groups excluding carboxylic acids is 3. The Morgan fingerprint density at radius 2 is 0.697 bits per heavy atom. The third-order valence-electron chi connectivity index (χ3n) is 10.1. The molecule has 66 heavy (non-hydrogen) atoms. The number of thiol groups is 1. The second kappa shape index (κ2) is 26.2. The summed E-state index contributed by atoms with van der Waals surface area (Å²) in [6.07, 6.45) is 1.58. The molecule has 340 valence electrons. The van der Waals surface area contributed by atoms with E-state index in [-0.39, 0.29) is 40.3 Å². The summed E-state index contributed by atoms with van der Waals surface area (Å²) >= 11 is 4.25. The molecule has 0 saturated carbocycles. The zero-order chi connectivity index (χ0) is 47.3. The van der Waals surface area contributed by atoms with Crippen LogP contribution in [-0.2, 0) is 33.6 Å². The van der Waals surface area contributed by atoms with Crippen molar-refractivity contribution in [1.82, 2.24) is 0 Å². The molecule has 0 aromatic heterocycles. The maximum absolute atomic E-state index is 13.4. The van der Waals surface area contributed by atoms with Crippen LogP contribution in [0.5, 0.6) is 0 Å². The van der Waals surface area contributed by atoms with Crippen molar-refractivity contribution in [3.05, 3.63) is 197 Å². The zero-order valence-electron chi connectivity index (χ0n) is 35.6. The molecule has 3 unspecified atom stereocenters. The number of benzene rings is 6. The molecule has 3 atom stereocenters. The van der Waals surface area contributed by atoms with Crippen molar-refractivity contribution >= 4 is 86.9 Å². The Bertz CT molecular complexity index is 2450. The van der Waals surface area contributed by atoms with Gasteiger partial charge in [0.05, 0.1) is 34.4 Å². The molecule has 0 saturated heterocycles. The van der Waals surface area contributed by atoms with Crippen LogP contribution in [0.3, 0.4) is 0 Å². The van der Waals surface area contributed by atoms with Crippen LogP contribution in [0.1, 0.15) is 47.8 Å². The largest absolute Gasteiger partial charge is 0.478 e. The van der Waals surface area contributed by atoms with E-state index in [4.69, 9.17) is 5.11 Å². The second-order valence-corrected chi connectivity index (χ2v) is 18.0. The number of carboxylic acids is 3. The third kappa shape index (κ3) is 16.6. The molecule has 0 radical (unpaired) electrons. The Balaban J connectivity index is 0.000000310. The smallest absolute Gasteiger partial charge is 0.335 e. The lowest BCUT2D eigenvalue weighted by Gasteiger charge is -2.19. The van der Waals surface area contributed by atoms with E-state index in [1.165, 1.54) is 58.0 Å². The predicted octanol–water partition coefficient (Wildman–Crippen LogP) is 9.87. The highest BCUT2D eigenvalue weighted by Gasteiger charge is 2.24. The number of carboxylic acid groups (broad SMARTS) is 3. The van der Waals surface area contributed by atoms with Crippen LogP contribution in [0.2, 0.25) is 0 Å². The molecule has 6 N–H and O–H groups in total. The van der Waals surface area contributed by atoms with Gasteiger partial charge < -0.3 is 31.3 Å². The molecule has 6 aromatic rings. The number of rotatable bonds is 21. The number of anilines is 3. The molecule has 3 amide bonds. The SMILES string of the molecule is O=C(O)c1cccc(NC(=O)C(CS)Cc2ccccc2)c1.O=C(O)c1cccc(NC(=O)C(CSSCC(Cc2ccccc2)C(=O)Nc2cccc(C(=O)O)c2)Cc2ccccc2)c1. The number of nitrogens with one attached hydrogen (secondary N) is 3. The number of carbonyl (C=O) groups is 6. The Hall–Kier alpha value is -6.81. The number of hydrogen-bond donors (Lipinski definition) is 7. The zero-order valence-corrected chi connectivity index (χ0v) is 38.1. The lowest BCUT2D eigenvalue weighted by atomic mass is 10.00. The molecule has 0 aliphatic heterocycles. The van der Waals surface area contributed by atoms with Crippen LogP contribution >= 0.6 is 34.2 Å². The van der Waals surface area contributed by atoms with Crippen molar-refractivity contribution in [3.8, 4) is 0 Å². The molecular weight excluding hydrogens is 895 g/mol. The van der Waals surface area contributed by atoms with Crippen molar-refractivity contribution in [3.63, 3.8) is 0 Å². The van der Waals surface area contributed by atoms with Gasteiger partial charge in [-0.15, -0.1) is 0 Å². The van der Waals surface area contributed by atoms with Gasteiger partial charge in [-0.2, -0.15) is 12.6 Å². The van der Waals surface area contributed by atoms with Crippen molar-refractivity contribution in [2.75, 3.05) is 33.2 Å². The summed E-state index contributed by atoms with van der Waals surface area (Å²) in [4.78, 5) is 72.8. The van der Waals surface area contributed by atoms with Crippen molar-refractivity contribution in [2.45, 2.75) is 19.3 Å². The fourth-order valence-electron chi connectivity index (χ4n) is 6.57. The summed E-state index contributed by atoms with van der Waals surface area (Å²) in [5, 5.41) is 36.1. The summed E-state index contributed by atoms with van der Waals surface area (Å²) in [6.45, 7) is 0. The van der Waals surface area contributed by atoms with Gasteiger partial charge in [-0.25, -0.2) is 14.4 Å². The Morgan fingerprint density at radius 1 is 0.409 bits per heavy atom. The highest BCUT2D eigenvalue weighted by molar-refractivity contribution is 8.76. The molecule has 0 fully saturated rings. The fraction of sp³-hybridized carbons (Fsp3) is 0.176. The average Bonchev–Trinajstić information content (AvgIpc) is 3.32. The van der Waals surface area contributed by atoms with E-state index in [9.17, 15) is 39.0 Å². The Labute approximate surface area is 396 Å². The van der Waals surface area contributed by atoms with Gasteiger partial charge in [0, 0.05) is 34.3 Å². The summed E-state index contributed by atoms with van der Waals surface area (Å²) in [7, 11) is 3.00. The minimum Gasteiger partial charge on any atom is -0.478 e. The molecule has 6 rings (SSSR count). The predicted molar refractivity (Wildman–Crippen MR) is 266 cm³/mol. The van der Waals surface area contributed by atoms with Gasteiger partial charge in [-0.1, -0.05) is 131 Å². The van der Waals surface area contributed by atoms with Crippen LogP contribution in [0, 0.1) is 17.8 Å². The van der Waals surface area contributed by atoms with Gasteiger partial charge in [0.25, 0.3) is 0 Å². The topological polar surface area (TPSA) is 199 Å². The lowest BCUT2D eigenvalue weighted by molar-refractivity contribution is -0.120. The number of aromatic carboxylic acids is 3. The molecule has 0 bridgehead atoms. The molecule has 0 aliphatic carbocycles. The van der Waals surface area contributed by atoms with Gasteiger partial charge in [0.1, 0.15) is 0 Å². The molecule has 12 nitrogen and oxygen atoms in total. The van der Waals surface area contributed by atoms with E-state index in [1.54, 1.807) is 36.4 Å².